The Bertz CT molecular complexity index is 3560. The van der Waals surface area contributed by atoms with Crippen molar-refractivity contribution in [2.45, 2.75) is 0 Å². The van der Waals surface area contributed by atoms with Crippen molar-refractivity contribution in [2.75, 3.05) is 0 Å². The molecule has 0 aliphatic carbocycles. The Balaban J connectivity index is 1.32. The standard InChI is InChI=1S/C46H28O/c1-2-12-29(13-3-1)41-26-34(24-32-16-6-7-17-35(32)41)46-39-20-10-8-18-37(39)45(38-19-9-11-21-40(38)46)33-22-23-36-42-25-30-14-4-5-15-31(30)27-44(42)47-43(36)28-33/h1-28H/i1D,2D,3D,4D,5D,12D,13D,14D,15D,22D,23D,25D,27D,28D. The van der Waals surface area contributed by atoms with E-state index in [0.717, 1.165) is 10.9 Å². The van der Waals surface area contributed by atoms with Crippen molar-refractivity contribution in [3.05, 3.63) is 170 Å². The van der Waals surface area contributed by atoms with Crippen LogP contribution >= 0.6 is 0 Å². The molecule has 218 valence electrons. The molecule has 1 heterocycles. The molecule has 47 heavy (non-hydrogen) atoms. The average molecular weight is 611 g/mol. The lowest BCUT2D eigenvalue weighted by Crippen LogP contribution is -1.92. The lowest BCUT2D eigenvalue weighted by molar-refractivity contribution is 0.669. The zero-order valence-corrected chi connectivity index (χ0v) is 24.5. The zero-order valence-electron chi connectivity index (χ0n) is 38.5. The molecule has 0 radical (unpaired) electrons. The van der Waals surface area contributed by atoms with Gasteiger partial charge >= 0.3 is 0 Å². The molecule has 10 aromatic rings. The molecule has 0 N–H and O–H groups in total. The van der Waals surface area contributed by atoms with Crippen LogP contribution in [0.5, 0.6) is 0 Å². The molecule has 1 nitrogen and oxygen atoms in total. The molecule has 0 aliphatic rings. The van der Waals surface area contributed by atoms with Crippen LogP contribution in [0.4, 0.5) is 0 Å². The maximum atomic E-state index is 9.66. The van der Waals surface area contributed by atoms with Gasteiger partial charge in [0.25, 0.3) is 0 Å². The maximum Gasteiger partial charge on any atom is 0.136 e. The highest BCUT2D eigenvalue weighted by atomic mass is 16.3. The van der Waals surface area contributed by atoms with Gasteiger partial charge in [-0.3, -0.25) is 0 Å². The monoisotopic (exact) mass is 610 g/mol. The van der Waals surface area contributed by atoms with E-state index in [1.54, 1.807) is 0 Å². The van der Waals surface area contributed by atoms with E-state index in [4.69, 9.17) is 19.5 Å². The summed E-state index contributed by atoms with van der Waals surface area (Å²) in [4.78, 5) is 0. The Hall–Kier alpha value is -6.18. The predicted molar refractivity (Wildman–Crippen MR) is 200 cm³/mol. The molecule has 0 spiro atoms. The summed E-state index contributed by atoms with van der Waals surface area (Å²) in [7, 11) is 0. The number of furan rings is 1. The molecule has 0 bridgehead atoms. The lowest BCUT2D eigenvalue weighted by atomic mass is 9.84. The van der Waals surface area contributed by atoms with Crippen LogP contribution in [0.25, 0.3) is 98.4 Å². The van der Waals surface area contributed by atoms with Gasteiger partial charge in [-0.1, -0.05) is 133 Å². The first-order valence-electron chi connectivity index (χ1n) is 22.0. The Labute approximate surface area is 291 Å². The predicted octanol–water partition coefficient (Wildman–Crippen LogP) is 13.2. The number of hydrogen-bond acceptors (Lipinski definition) is 1. The minimum atomic E-state index is -0.579. The third-order valence-corrected chi connectivity index (χ3v) is 8.74. The van der Waals surface area contributed by atoms with Crippen LogP contribution in [0.2, 0.25) is 0 Å². The molecule has 0 aliphatic heterocycles. The molecule has 0 saturated heterocycles. The smallest absolute Gasteiger partial charge is 0.136 e. The van der Waals surface area contributed by atoms with Gasteiger partial charge in [0.1, 0.15) is 11.2 Å². The van der Waals surface area contributed by atoms with E-state index in [0.29, 0.717) is 43.6 Å². The van der Waals surface area contributed by atoms with Crippen molar-refractivity contribution in [2.24, 2.45) is 0 Å². The fraction of sp³-hybridized carbons (Fsp3) is 0. The molecule has 0 atom stereocenters. The summed E-state index contributed by atoms with van der Waals surface area (Å²) in [5, 5.41) is 3.47. The van der Waals surface area contributed by atoms with Crippen LogP contribution in [0.1, 0.15) is 19.2 Å². The quantitative estimate of drug-likeness (QED) is 0.181. The summed E-state index contributed by atoms with van der Waals surface area (Å²) < 4.78 is 129. The van der Waals surface area contributed by atoms with Crippen molar-refractivity contribution >= 4 is 65.0 Å². The molecule has 9 aromatic carbocycles. The fourth-order valence-electron chi connectivity index (χ4n) is 6.73. The van der Waals surface area contributed by atoms with E-state index in [1.165, 1.54) is 0 Å². The minimum absolute atomic E-state index is 0.0562. The van der Waals surface area contributed by atoms with E-state index in [1.807, 2.05) is 84.9 Å². The van der Waals surface area contributed by atoms with Crippen LogP contribution < -0.4 is 0 Å². The number of benzene rings is 9. The van der Waals surface area contributed by atoms with Crippen LogP contribution in [0.3, 0.4) is 0 Å². The lowest BCUT2D eigenvalue weighted by Gasteiger charge is -2.19. The number of rotatable bonds is 3. The van der Waals surface area contributed by atoms with E-state index in [2.05, 4.69) is 0 Å². The van der Waals surface area contributed by atoms with Crippen molar-refractivity contribution in [1.29, 1.82) is 0 Å². The Kier molecular flexibility index (Phi) is 3.44. The number of hydrogen-bond donors (Lipinski definition) is 0. The van der Waals surface area contributed by atoms with Crippen molar-refractivity contribution in [3.63, 3.8) is 0 Å². The second-order valence-corrected chi connectivity index (χ2v) is 11.3. The first-order valence-corrected chi connectivity index (χ1v) is 15.0. The highest BCUT2D eigenvalue weighted by molar-refractivity contribution is 6.23. The van der Waals surface area contributed by atoms with Gasteiger partial charge in [-0.25, -0.2) is 0 Å². The van der Waals surface area contributed by atoms with Crippen molar-refractivity contribution in [1.82, 2.24) is 0 Å². The highest BCUT2D eigenvalue weighted by Gasteiger charge is 2.19. The van der Waals surface area contributed by atoms with Gasteiger partial charge in [0.15, 0.2) is 0 Å². The summed E-state index contributed by atoms with van der Waals surface area (Å²) in [5.74, 6) is 0. The fourth-order valence-corrected chi connectivity index (χ4v) is 6.73. The van der Waals surface area contributed by atoms with Crippen LogP contribution in [-0.4, -0.2) is 0 Å². The van der Waals surface area contributed by atoms with E-state index in [9.17, 15) is 4.11 Å². The van der Waals surface area contributed by atoms with Gasteiger partial charge < -0.3 is 4.42 Å². The summed E-state index contributed by atoms with van der Waals surface area (Å²) in [6.45, 7) is 0. The first kappa shape index (κ1) is 15.9. The van der Waals surface area contributed by atoms with Gasteiger partial charge in [-0.05, 0) is 113 Å². The molecule has 10 rings (SSSR count). The minimum Gasteiger partial charge on any atom is -0.456 e. The molecule has 1 aromatic heterocycles. The zero-order chi connectivity index (χ0) is 43.1. The molecule has 0 unspecified atom stereocenters. The second-order valence-electron chi connectivity index (χ2n) is 11.3. The molecule has 0 fully saturated rings. The van der Waals surface area contributed by atoms with Gasteiger partial charge in [-0.15, -0.1) is 0 Å². The molecule has 0 saturated carbocycles. The van der Waals surface area contributed by atoms with E-state index < -0.39 is 54.4 Å². The van der Waals surface area contributed by atoms with Gasteiger partial charge in [-0.2, -0.15) is 0 Å². The molecule has 1 heteroatoms. The molecular formula is C46H28O. The Morgan fingerprint density at radius 2 is 0.957 bits per heavy atom. The van der Waals surface area contributed by atoms with Crippen LogP contribution in [0.15, 0.2) is 174 Å². The van der Waals surface area contributed by atoms with E-state index >= 15 is 0 Å². The summed E-state index contributed by atoms with van der Waals surface area (Å²) >= 11 is 0. The van der Waals surface area contributed by atoms with Crippen LogP contribution in [0, 0.1) is 0 Å². The third-order valence-electron chi connectivity index (χ3n) is 8.74. The first-order chi connectivity index (χ1) is 29.1. The second kappa shape index (κ2) is 10.2. The van der Waals surface area contributed by atoms with Gasteiger partial charge in [0.2, 0.25) is 0 Å². The van der Waals surface area contributed by atoms with Crippen molar-refractivity contribution < 1.29 is 23.6 Å². The summed E-state index contributed by atoms with van der Waals surface area (Å²) in [5.41, 5.74) is 2.04. The summed E-state index contributed by atoms with van der Waals surface area (Å²) in [6, 6.07) is 20.0. The molecular weight excluding hydrogens is 569 g/mol. The highest BCUT2D eigenvalue weighted by Crippen LogP contribution is 2.46. The third kappa shape index (κ3) is 4.03. The van der Waals surface area contributed by atoms with Crippen molar-refractivity contribution in [3.8, 4) is 33.4 Å². The topological polar surface area (TPSA) is 13.1 Å². The molecule has 0 amide bonds. The van der Waals surface area contributed by atoms with Crippen LogP contribution in [-0.2, 0) is 0 Å². The Morgan fingerprint density at radius 1 is 0.383 bits per heavy atom. The van der Waals surface area contributed by atoms with Gasteiger partial charge in [0.05, 0.1) is 19.2 Å². The SMILES string of the molecule is [2H]c1c([2H])c([2H])c(-c2cc(-c3c4ccccc4c(-c4c([2H])c([2H])c5c(oc6c([2H])c7c([2H])c([2H])c([2H])c([2H])c7c([2H])c65)c4[2H])c4ccccc34)cc3ccccc23)c([2H])c1[2H]. The summed E-state index contributed by atoms with van der Waals surface area (Å²) in [6.07, 6.45) is 0. The normalized spacial score (nSPS) is 16.0. The van der Waals surface area contributed by atoms with E-state index in [-0.39, 0.29) is 74.0 Å². The average Bonchev–Trinajstić information content (AvgIpc) is 3.68. The number of fused-ring (bicyclic) bond motifs is 7. The Morgan fingerprint density at radius 3 is 1.66 bits per heavy atom. The maximum absolute atomic E-state index is 9.66. The largest absolute Gasteiger partial charge is 0.456 e. The van der Waals surface area contributed by atoms with Gasteiger partial charge in [0, 0.05) is 10.8 Å².